The van der Waals surface area contributed by atoms with Crippen LogP contribution < -0.4 is 15.4 Å². The molecule has 0 aliphatic heterocycles. The van der Waals surface area contributed by atoms with Gasteiger partial charge in [-0.15, -0.1) is 0 Å². The van der Waals surface area contributed by atoms with Crippen LogP contribution in [0.15, 0.2) is 77.5 Å². The smallest absolute Gasteiger partial charge is 0.255 e. The molecule has 0 bridgehead atoms. The molecule has 0 atom stereocenters. The summed E-state index contributed by atoms with van der Waals surface area (Å²) in [6, 6.07) is 18.2. The SMILES string of the molecule is CNc1nccc(-c2cccnc2Oc2ccc(NC(=O)c3cccc(Br)c3)c(C)c2)n1. The zero-order valence-electron chi connectivity index (χ0n) is 17.5. The Hall–Kier alpha value is -3.78. The zero-order valence-corrected chi connectivity index (χ0v) is 19.1. The Labute approximate surface area is 194 Å². The van der Waals surface area contributed by atoms with Crippen LogP contribution >= 0.6 is 15.9 Å². The number of carbonyl (C=O) groups excluding carboxylic acids is 1. The quantitative estimate of drug-likeness (QED) is 0.361. The highest BCUT2D eigenvalue weighted by atomic mass is 79.9. The number of aryl methyl sites for hydroxylation is 1. The van der Waals surface area contributed by atoms with Crippen LogP contribution in [0.1, 0.15) is 15.9 Å². The summed E-state index contributed by atoms with van der Waals surface area (Å²) in [7, 11) is 1.76. The summed E-state index contributed by atoms with van der Waals surface area (Å²) < 4.78 is 6.92. The van der Waals surface area contributed by atoms with Crippen molar-refractivity contribution in [3.05, 3.63) is 88.7 Å². The van der Waals surface area contributed by atoms with Crippen LogP contribution in [0.2, 0.25) is 0 Å². The number of nitrogens with zero attached hydrogens (tertiary/aromatic N) is 3. The molecule has 0 aliphatic rings. The van der Waals surface area contributed by atoms with E-state index in [9.17, 15) is 4.79 Å². The molecule has 2 heterocycles. The number of hydrogen-bond acceptors (Lipinski definition) is 6. The van der Waals surface area contributed by atoms with Gasteiger partial charge in [-0.2, -0.15) is 0 Å². The van der Waals surface area contributed by atoms with Crippen molar-refractivity contribution in [1.82, 2.24) is 15.0 Å². The third-order valence-electron chi connectivity index (χ3n) is 4.67. The van der Waals surface area contributed by atoms with Crippen molar-refractivity contribution in [3.8, 4) is 22.9 Å². The monoisotopic (exact) mass is 489 g/mol. The zero-order chi connectivity index (χ0) is 22.5. The molecule has 0 spiro atoms. The molecule has 2 aromatic carbocycles. The first-order valence-corrected chi connectivity index (χ1v) is 10.6. The van der Waals surface area contributed by atoms with E-state index >= 15 is 0 Å². The summed E-state index contributed by atoms with van der Waals surface area (Å²) in [5, 5.41) is 5.87. The van der Waals surface area contributed by atoms with E-state index in [1.165, 1.54) is 0 Å². The van der Waals surface area contributed by atoms with Gasteiger partial charge in [-0.1, -0.05) is 22.0 Å². The number of ether oxygens (including phenoxy) is 1. The van der Waals surface area contributed by atoms with Gasteiger partial charge in [0.25, 0.3) is 5.91 Å². The van der Waals surface area contributed by atoms with E-state index in [-0.39, 0.29) is 5.91 Å². The number of aromatic nitrogens is 3. The number of nitrogens with one attached hydrogen (secondary N) is 2. The van der Waals surface area contributed by atoms with Gasteiger partial charge in [-0.3, -0.25) is 4.79 Å². The lowest BCUT2D eigenvalue weighted by molar-refractivity contribution is 0.102. The molecule has 7 nitrogen and oxygen atoms in total. The number of anilines is 2. The Morgan fingerprint density at radius 1 is 1.00 bits per heavy atom. The van der Waals surface area contributed by atoms with Crippen LogP contribution in [0.5, 0.6) is 11.6 Å². The van der Waals surface area contributed by atoms with E-state index in [2.05, 4.69) is 41.5 Å². The van der Waals surface area contributed by atoms with Gasteiger partial charge >= 0.3 is 0 Å². The lowest BCUT2D eigenvalue weighted by Crippen LogP contribution is -2.12. The van der Waals surface area contributed by atoms with Crippen molar-refractivity contribution in [2.45, 2.75) is 6.92 Å². The van der Waals surface area contributed by atoms with Gasteiger partial charge in [0.05, 0.1) is 11.3 Å². The molecule has 32 heavy (non-hydrogen) atoms. The normalized spacial score (nSPS) is 10.5. The molecule has 0 fully saturated rings. The third kappa shape index (κ3) is 4.92. The number of amides is 1. The van der Waals surface area contributed by atoms with E-state index < -0.39 is 0 Å². The van der Waals surface area contributed by atoms with E-state index in [0.29, 0.717) is 34.5 Å². The van der Waals surface area contributed by atoms with Crippen LogP contribution in [0, 0.1) is 6.92 Å². The summed E-state index contributed by atoms with van der Waals surface area (Å²) in [6.45, 7) is 1.91. The first-order chi connectivity index (χ1) is 15.5. The number of halogens is 1. The minimum atomic E-state index is -0.181. The maximum atomic E-state index is 12.6. The van der Waals surface area contributed by atoms with Crippen molar-refractivity contribution in [3.63, 3.8) is 0 Å². The summed E-state index contributed by atoms with van der Waals surface area (Å²) in [4.78, 5) is 25.6. The fourth-order valence-electron chi connectivity index (χ4n) is 3.07. The van der Waals surface area contributed by atoms with Crippen molar-refractivity contribution < 1.29 is 9.53 Å². The lowest BCUT2D eigenvalue weighted by atomic mass is 10.1. The van der Waals surface area contributed by atoms with E-state index in [4.69, 9.17) is 4.74 Å². The highest BCUT2D eigenvalue weighted by Crippen LogP contribution is 2.32. The molecule has 2 N–H and O–H groups in total. The predicted octanol–water partition coefficient (Wildman–Crippen LogP) is 5.70. The minimum Gasteiger partial charge on any atom is -0.438 e. The molecule has 0 radical (unpaired) electrons. The summed E-state index contributed by atoms with van der Waals surface area (Å²) >= 11 is 3.39. The van der Waals surface area contributed by atoms with Crippen LogP contribution in [0.3, 0.4) is 0 Å². The summed E-state index contributed by atoms with van der Waals surface area (Å²) in [6.07, 6.45) is 3.34. The second-order valence-electron chi connectivity index (χ2n) is 6.91. The molecule has 1 amide bonds. The molecule has 2 aromatic heterocycles. The molecule has 4 aromatic rings. The maximum Gasteiger partial charge on any atom is 0.255 e. The van der Waals surface area contributed by atoms with Gasteiger partial charge in [-0.05, 0) is 67.1 Å². The average molecular weight is 490 g/mol. The molecule has 0 unspecified atom stereocenters. The summed E-state index contributed by atoms with van der Waals surface area (Å²) in [5.41, 5.74) is 3.59. The van der Waals surface area contributed by atoms with Gasteiger partial charge in [0.15, 0.2) is 0 Å². The minimum absolute atomic E-state index is 0.181. The molecular weight excluding hydrogens is 470 g/mol. The number of hydrogen-bond donors (Lipinski definition) is 2. The third-order valence-corrected chi connectivity index (χ3v) is 5.17. The van der Waals surface area contributed by atoms with E-state index in [1.807, 2.05) is 43.3 Å². The molecule has 0 aliphatic carbocycles. The first-order valence-electron chi connectivity index (χ1n) is 9.85. The summed E-state index contributed by atoms with van der Waals surface area (Å²) in [5.74, 6) is 1.36. The van der Waals surface area contributed by atoms with Crippen molar-refractivity contribution in [2.24, 2.45) is 0 Å². The standard InChI is InChI=1S/C24H20BrN5O2/c1-15-13-18(8-9-20(15)29-22(31)16-5-3-6-17(25)14-16)32-23-19(7-4-11-27-23)21-10-12-28-24(26-2)30-21/h3-14H,1-2H3,(H,29,31)(H,26,28,30). The van der Waals surface area contributed by atoms with Crippen molar-refractivity contribution in [1.29, 1.82) is 0 Å². The molecule has 4 rings (SSSR count). The Morgan fingerprint density at radius 2 is 1.88 bits per heavy atom. The van der Waals surface area contributed by atoms with Gasteiger partial charge < -0.3 is 15.4 Å². The number of carbonyl (C=O) groups is 1. The van der Waals surface area contributed by atoms with Crippen LogP contribution in [-0.2, 0) is 0 Å². The largest absolute Gasteiger partial charge is 0.438 e. The average Bonchev–Trinajstić information content (AvgIpc) is 2.81. The Balaban J connectivity index is 1.55. The number of benzene rings is 2. The topological polar surface area (TPSA) is 89.0 Å². The Kier molecular flexibility index (Phi) is 6.42. The van der Waals surface area contributed by atoms with Crippen molar-refractivity contribution >= 4 is 33.5 Å². The molecule has 160 valence electrons. The van der Waals surface area contributed by atoms with E-state index in [1.54, 1.807) is 43.7 Å². The second-order valence-corrected chi connectivity index (χ2v) is 7.83. The molecule has 8 heteroatoms. The first kappa shape index (κ1) is 21.5. The number of pyridine rings is 1. The predicted molar refractivity (Wildman–Crippen MR) is 128 cm³/mol. The molecule has 0 saturated heterocycles. The van der Waals surface area contributed by atoms with E-state index in [0.717, 1.165) is 15.6 Å². The Bertz CT molecular complexity index is 1280. The molecular formula is C24H20BrN5O2. The Morgan fingerprint density at radius 3 is 2.66 bits per heavy atom. The van der Waals surface area contributed by atoms with Gasteiger partial charge in [-0.25, -0.2) is 15.0 Å². The molecule has 0 saturated carbocycles. The number of rotatable bonds is 6. The fourth-order valence-corrected chi connectivity index (χ4v) is 3.47. The van der Waals surface area contributed by atoms with Gasteiger partial charge in [0.2, 0.25) is 11.8 Å². The fraction of sp³-hybridized carbons (Fsp3) is 0.0833. The van der Waals surface area contributed by atoms with Gasteiger partial charge in [0, 0.05) is 35.2 Å². The second kappa shape index (κ2) is 9.57. The maximum absolute atomic E-state index is 12.6. The van der Waals surface area contributed by atoms with Crippen LogP contribution in [0.4, 0.5) is 11.6 Å². The highest BCUT2D eigenvalue weighted by molar-refractivity contribution is 9.10. The highest BCUT2D eigenvalue weighted by Gasteiger charge is 2.13. The van der Waals surface area contributed by atoms with Crippen LogP contribution in [-0.4, -0.2) is 27.9 Å². The van der Waals surface area contributed by atoms with Crippen molar-refractivity contribution in [2.75, 3.05) is 17.7 Å². The van der Waals surface area contributed by atoms with Gasteiger partial charge in [0.1, 0.15) is 5.75 Å². The van der Waals surface area contributed by atoms with Crippen LogP contribution in [0.25, 0.3) is 11.3 Å². The lowest BCUT2D eigenvalue weighted by Gasteiger charge is -2.13.